The van der Waals surface area contributed by atoms with Gasteiger partial charge >= 0.3 is 0 Å². The quantitative estimate of drug-likeness (QED) is 0.163. The van der Waals surface area contributed by atoms with Gasteiger partial charge in [0.15, 0.2) is 16.6 Å². The molecule has 0 aliphatic heterocycles. The van der Waals surface area contributed by atoms with E-state index >= 15 is 0 Å². The summed E-state index contributed by atoms with van der Waals surface area (Å²) in [5.41, 5.74) is 2.75. The molecule has 0 radical (unpaired) electrons. The SMILES string of the molecule is CC(C)(C)[Si](C)(C)O[C@H](CCBr)CCc1ccccc1.CC(C)(C)[Si](C)(C)O[C@H](CCO)CCc1ccccc1. The van der Waals surface area contributed by atoms with E-state index in [4.69, 9.17) is 8.85 Å². The molecule has 0 amide bonds. The molecule has 6 heteroatoms. The van der Waals surface area contributed by atoms with Crippen LogP contribution < -0.4 is 0 Å². The number of halogens is 1. The number of aryl methyl sites for hydroxylation is 2. The van der Waals surface area contributed by atoms with Gasteiger partial charge in [-0.05, 0) is 85.9 Å². The number of hydrogen-bond acceptors (Lipinski definition) is 3. The summed E-state index contributed by atoms with van der Waals surface area (Å²) in [4.78, 5) is 0. The minimum absolute atomic E-state index is 0.168. The summed E-state index contributed by atoms with van der Waals surface area (Å²) in [6.07, 6.45) is 6.59. The van der Waals surface area contributed by atoms with Gasteiger partial charge < -0.3 is 14.0 Å². The fourth-order valence-electron chi connectivity index (χ4n) is 3.92. The van der Waals surface area contributed by atoms with Crippen LogP contribution in [-0.4, -0.2) is 45.9 Å². The molecular formula is C34H59BrO3Si2. The van der Waals surface area contributed by atoms with E-state index in [0.29, 0.717) is 6.10 Å². The molecule has 2 aromatic carbocycles. The van der Waals surface area contributed by atoms with Crippen molar-refractivity contribution in [1.29, 1.82) is 0 Å². The summed E-state index contributed by atoms with van der Waals surface area (Å²) in [6.45, 7) is 23.1. The first-order valence-electron chi connectivity index (χ1n) is 15.1. The van der Waals surface area contributed by atoms with Crippen LogP contribution in [0.4, 0.5) is 0 Å². The van der Waals surface area contributed by atoms with Gasteiger partial charge in [-0.15, -0.1) is 0 Å². The van der Waals surface area contributed by atoms with Gasteiger partial charge in [-0.1, -0.05) is 118 Å². The van der Waals surface area contributed by atoms with Crippen LogP contribution in [0.5, 0.6) is 0 Å². The van der Waals surface area contributed by atoms with Crippen molar-refractivity contribution in [2.75, 3.05) is 11.9 Å². The molecule has 0 aliphatic rings. The van der Waals surface area contributed by atoms with Gasteiger partial charge in [0.05, 0.1) is 0 Å². The molecule has 3 nitrogen and oxygen atoms in total. The smallest absolute Gasteiger partial charge is 0.192 e. The Morgan fingerprint density at radius 1 is 0.625 bits per heavy atom. The molecule has 2 aromatic rings. The van der Waals surface area contributed by atoms with Gasteiger partial charge in [-0.25, -0.2) is 0 Å². The van der Waals surface area contributed by atoms with Crippen LogP contribution >= 0.6 is 15.9 Å². The lowest BCUT2D eigenvalue weighted by Gasteiger charge is -2.39. The first kappa shape index (κ1) is 37.3. The maximum Gasteiger partial charge on any atom is 0.192 e. The fourth-order valence-corrected chi connectivity index (χ4v) is 7.28. The minimum atomic E-state index is -1.75. The molecular weight excluding hydrogens is 592 g/mol. The number of benzene rings is 2. The van der Waals surface area contributed by atoms with Crippen LogP contribution in [0, 0.1) is 0 Å². The van der Waals surface area contributed by atoms with Crippen molar-refractivity contribution >= 4 is 32.6 Å². The van der Waals surface area contributed by atoms with Gasteiger partial charge in [-0.2, -0.15) is 0 Å². The average Bonchev–Trinajstić information content (AvgIpc) is 2.86. The third-order valence-corrected chi connectivity index (χ3v) is 18.1. The molecule has 40 heavy (non-hydrogen) atoms. The van der Waals surface area contributed by atoms with E-state index < -0.39 is 16.6 Å². The molecule has 0 heterocycles. The Balaban J connectivity index is 0.000000400. The van der Waals surface area contributed by atoms with Gasteiger partial charge in [-0.3, -0.25) is 0 Å². The maximum atomic E-state index is 9.27. The van der Waals surface area contributed by atoms with Gasteiger partial charge in [0.1, 0.15) is 0 Å². The standard InChI is InChI=1S/C17H29BrOSi.C17H30O2Si/c2*1-17(2,3)20(4,5)19-16(13-14-18)12-11-15-9-7-6-8-10-15/h6-10,16H,11-14H2,1-5H3;6-10,16,18H,11-14H2,1-5H3/t2*16-/m00/s1. The predicted molar refractivity (Wildman–Crippen MR) is 184 cm³/mol. The number of aliphatic hydroxyl groups is 1. The maximum absolute atomic E-state index is 9.27. The Morgan fingerprint density at radius 2 is 0.975 bits per heavy atom. The van der Waals surface area contributed by atoms with E-state index in [2.05, 4.69) is 138 Å². The molecule has 228 valence electrons. The lowest BCUT2D eigenvalue weighted by atomic mass is 10.1. The average molecular weight is 652 g/mol. The highest BCUT2D eigenvalue weighted by atomic mass is 79.9. The Labute approximate surface area is 257 Å². The van der Waals surface area contributed by atoms with E-state index in [-0.39, 0.29) is 22.8 Å². The molecule has 2 atom stereocenters. The molecule has 0 bridgehead atoms. The van der Waals surface area contributed by atoms with Crippen molar-refractivity contribution in [2.45, 2.75) is 129 Å². The summed E-state index contributed by atoms with van der Waals surface area (Å²) in [5, 5.41) is 10.8. The lowest BCUT2D eigenvalue weighted by Crippen LogP contribution is -2.44. The van der Waals surface area contributed by atoms with Gasteiger partial charge in [0.25, 0.3) is 0 Å². The zero-order valence-corrected chi connectivity index (χ0v) is 30.8. The first-order valence-corrected chi connectivity index (χ1v) is 22.1. The van der Waals surface area contributed by atoms with E-state index in [0.717, 1.165) is 43.9 Å². The predicted octanol–water partition coefficient (Wildman–Crippen LogP) is 10.2. The van der Waals surface area contributed by atoms with Crippen LogP contribution in [-0.2, 0) is 21.7 Å². The lowest BCUT2D eigenvalue weighted by molar-refractivity contribution is 0.132. The fraction of sp³-hybridized carbons (Fsp3) is 0.647. The number of aliphatic hydroxyl groups excluding tert-OH is 1. The highest BCUT2D eigenvalue weighted by Gasteiger charge is 2.39. The molecule has 2 rings (SSSR count). The zero-order valence-electron chi connectivity index (χ0n) is 27.2. The summed E-state index contributed by atoms with van der Waals surface area (Å²) >= 11 is 3.57. The Morgan fingerprint density at radius 3 is 1.27 bits per heavy atom. The molecule has 1 N–H and O–H groups in total. The van der Waals surface area contributed by atoms with E-state index in [1.165, 1.54) is 11.1 Å². The third kappa shape index (κ3) is 13.9. The molecule has 0 aromatic heterocycles. The summed E-state index contributed by atoms with van der Waals surface area (Å²) in [7, 11) is -3.42. The Hall–Kier alpha value is -0.766. The summed E-state index contributed by atoms with van der Waals surface area (Å²) in [5.74, 6) is 0. The van der Waals surface area contributed by atoms with Crippen molar-refractivity contribution in [1.82, 2.24) is 0 Å². The second-order valence-corrected chi connectivity index (χ2v) is 24.3. The topological polar surface area (TPSA) is 38.7 Å². The largest absolute Gasteiger partial charge is 0.414 e. The van der Waals surface area contributed by atoms with Crippen LogP contribution in [0.15, 0.2) is 60.7 Å². The van der Waals surface area contributed by atoms with Crippen molar-refractivity contribution in [2.24, 2.45) is 0 Å². The Bertz CT molecular complexity index is 844. The molecule has 0 aliphatic carbocycles. The van der Waals surface area contributed by atoms with Crippen LogP contribution in [0.3, 0.4) is 0 Å². The van der Waals surface area contributed by atoms with Crippen LogP contribution in [0.25, 0.3) is 0 Å². The van der Waals surface area contributed by atoms with Gasteiger partial charge in [0, 0.05) is 24.1 Å². The number of alkyl halides is 1. The highest BCUT2D eigenvalue weighted by Crippen LogP contribution is 2.39. The number of rotatable bonds is 14. The second-order valence-electron chi connectivity index (χ2n) is 14.0. The third-order valence-electron chi connectivity index (χ3n) is 8.61. The Kier molecular flexibility index (Phi) is 16.2. The van der Waals surface area contributed by atoms with E-state index in [1.54, 1.807) is 0 Å². The highest BCUT2D eigenvalue weighted by molar-refractivity contribution is 9.09. The molecule has 0 saturated heterocycles. The number of hydrogen-bond donors (Lipinski definition) is 1. The van der Waals surface area contributed by atoms with Gasteiger partial charge in [0.2, 0.25) is 0 Å². The molecule has 0 fully saturated rings. The monoisotopic (exact) mass is 650 g/mol. The van der Waals surface area contributed by atoms with E-state index in [9.17, 15) is 5.11 Å². The zero-order chi connectivity index (χ0) is 30.5. The van der Waals surface area contributed by atoms with Crippen molar-refractivity contribution in [3.05, 3.63) is 71.8 Å². The van der Waals surface area contributed by atoms with E-state index in [1.807, 2.05) is 6.07 Å². The molecule has 0 spiro atoms. The summed E-state index contributed by atoms with van der Waals surface area (Å²) in [6, 6.07) is 21.2. The van der Waals surface area contributed by atoms with Crippen molar-refractivity contribution < 1.29 is 14.0 Å². The second kappa shape index (κ2) is 17.4. The molecule has 0 saturated carbocycles. The van der Waals surface area contributed by atoms with Crippen molar-refractivity contribution in [3.63, 3.8) is 0 Å². The van der Waals surface area contributed by atoms with Crippen LogP contribution in [0.1, 0.15) is 78.4 Å². The molecule has 0 unspecified atom stereocenters. The van der Waals surface area contributed by atoms with Crippen LogP contribution in [0.2, 0.25) is 36.3 Å². The first-order chi connectivity index (χ1) is 18.5. The minimum Gasteiger partial charge on any atom is -0.414 e. The summed E-state index contributed by atoms with van der Waals surface area (Å²) < 4.78 is 13.0. The van der Waals surface area contributed by atoms with Crippen molar-refractivity contribution in [3.8, 4) is 0 Å². The normalized spacial score (nSPS) is 14.3.